The number of nitrogens with zero attached hydrogens (tertiary/aromatic N) is 1. The van der Waals surface area contributed by atoms with Crippen molar-refractivity contribution in [1.82, 2.24) is 4.98 Å². The summed E-state index contributed by atoms with van der Waals surface area (Å²) in [6.07, 6.45) is 4.68. The van der Waals surface area contributed by atoms with Crippen molar-refractivity contribution in [2.45, 2.75) is 45.1 Å². The topological polar surface area (TPSA) is 38.9 Å². The van der Waals surface area contributed by atoms with E-state index in [1.54, 1.807) is 0 Å². The van der Waals surface area contributed by atoms with Crippen LogP contribution in [0.3, 0.4) is 0 Å². The van der Waals surface area contributed by atoms with Gasteiger partial charge in [0.15, 0.2) is 0 Å². The first-order valence-corrected chi connectivity index (χ1v) is 6.76. The van der Waals surface area contributed by atoms with Gasteiger partial charge in [-0.3, -0.25) is 4.98 Å². The number of nitrogens with two attached hydrogens (primary N) is 1. The van der Waals surface area contributed by atoms with Crippen molar-refractivity contribution in [3.05, 3.63) is 41.1 Å². The maximum absolute atomic E-state index is 6.64. The van der Waals surface area contributed by atoms with Crippen LogP contribution < -0.4 is 5.73 Å². The third-order valence-electron chi connectivity index (χ3n) is 4.12. The molecule has 1 aliphatic rings. The molecule has 2 aromatic rings. The van der Waals surface area contributed by atoms with Crippen LogP contribution in [0.25, 0.3) is 10.9 Å². The SMILES string of the molecule is Cc1ccc2nc(C)cc(C3(N)CCCC3)c2c1. The molecule has 2 N–H and O–H groups in total. The summed E-state index contributed by atoms with van der Waals surface area (Å²) in [5.41, 5.74) is 11.2. The van der Waals surface area contributed by atoms with Crippen LogP contribution in [-0.4, -0.2) is 4.98 Å². The van der Waals surface area contributed by atoms with Crippen molar-refractivity contribution in [2.24, 2.45) is 5.73 Å². The molecule has 2 nitrogen and oxygen atoms in total. The lowest BCUT2D eigenvalue weighted by atomic mass is 9.86. The molecule has 2 heteroatoms. The van der Waals surface area contributed by atoms with Gasteiger partial charge in [-0.15, -0.1) is 0 Å². The molecule has 1 aromatic heterocycles. The molecule has 3 rings (SSSR count). The number of hydrogen-bond acceptors (Lipinski definition) is 2. The van der Waals surface area contributed by atoms with E-state index in [0.29, 0.717) is 0 Å². The van der Waals surface area contributed by atoms with Crippen LogP contribution in [0.15, 0.2) is 24.3 Å². The fraction of sp³-hybridized carbons (Fsp3) is 0.438. The molecule has 1 heterocycles. The van der Waals surface area contributed by atoms with Gasteiger partial charge in [-0.2, -0.15) is 0 Å². The number of aryl methyl sites for hydroxylation is 2. The van der Waals surface area contributed by atoms with E-state index in [1.807, 2.05) is 0 Å². The van der Waals surface area contributed by atoms with Gasteiger partial charge in [-0.05, 0) is 50.5 Å². The predicted octanol–water partition coefficient (Wildman–Crippen LogP) is 3.58. The van der Waals surface area contributed by atoms with Crippen LogP contribution in [-0.2, 0) is 5.54 Å². The quantitative estimate of drug-likeness (QED) is 0.827. The second kappa shape index (κ2) is 4.06. The van der Waals surface area contributed by atoms with Crippen LogP contribution in [0.4, 0.5) is 0 Å². The van der Waals surface area contributed by atoms with Crippen LogP contribution in [0.5, 0.6) is 0 Å². The van der Waals surface area contributed by atoms with Crippen molar-refractivity contribution in [1.29, 1.82) is 0 Å². The Balaban J connectivity index is 2.29. The predicted molar refractivity (Wildman–Crippen MR) is 75.6 cm³/mol. The van der Waals surface area contributed by atoms with Crippen LogP contribution in [0.2, 0.25) is 0 Å². The number of rotatable bonds is 1. The van der Waals surface area contributed by atoms with Crippen molar-refractivity contribution in [3.8, 4) is 0 Å². The Kier molecular flexibility index (Phi) is 2.63. The second-order valence-corrected chi connectivity index (χ2v) is 5.70. The molecule has 0 unspecified atom stereocenters. The number of benzene rings is 1. The molecule has 0 spiro atoms. The molecule has 1 aliphatic carbocycles. The van der Waals surface area contributed by atoms with Crippen molar-refractivity contribution >= 4 is 10.9 Å². The zero-order valence-corrected chi connectivity index (χ0v) is 11.2. The van der Waals surface area contributed by atoms with Gasteiger partial charge in [0.25, 0.3) is 0 Å². The first-order valence-electron chi connectivity index (χ1n) is 6.76. The van der Waals surface area contributed by atoms with E-state index in [1.165, 1.54) is 29.4 Å². The van der Waals surface area contributed by atoms with E-state index in [2.05, 4.69) is 43.1 Å². The van der Waals surface area contributed by atoms with E-state index in [0.717, 1.165) is 24.1 Å². The molecule has 0 bridgehead atoms. The lowest BCUT2D eigenvalue weighted by molar-refractivity contribution is 0.465. The van der Waals surface area contributed by atoms with Gasteiger partial charge < -0.3 is 5.73 Å². The molecule has 0 radical (unpaired) electrons. The Hall–Kier alpha value is -1.41. The largest absolute Gasteiger partial charge is 0.321 e. The highest BCUT2D eigenvalue weighted by Gasteiger charge is 2.32. The molecule has 1 aromatic carbocycles. The van der Waals surface area contributed by atoms with Gasteiger partial charge in [0.2, 0.25) is 0 Å². The first kappa shape index (κ1) is 11.7. The van der Waals surface area contributed by atoms with Gasteiger partial charge in [0.1, 0.15) is 0 Å². The fourth-order valence-corrected chi connectivity index (χ4v) is 3.16. The Bertz CT molecular complexity index is 595. The molecule has 0 amide bonds. The van der Waals surface area contributed by atoms with Crippen molar-refractivity contribution in [2.75, 3.05) is 0 Å². The Morgan fingerprint density at radius 2 is 1.83 bits per heavy atom. The summed E-state index contributed by atoms with van der Waals surface area (Å²) in [7, 11) is 0. The summed E-state index contributed by atoms with van der Waals surface area (Å²) < 4.78 is 0. The monoisotopic (exact) mass is 240 g/mol. The minimum atomic E-state index is -0.139. The molecular weight excluding hydrogens is 220 g/mol. The standard InChI is InChI=1S/C16H20N2/c1-11-5-6-15-13(9-11)14(10-12(2)18-15)16(17)7-3-4-8-16/h5-6,9-10H,3-4,7-8,17H2,1-2H3. The van der Waals surface area contributed by atoms with Gasteiger partial charge in [0, 0.05) is 16.6 Å². The summed E-state index contributed by atoms with van der Waals surface area (Å²) >= 11 is 0. The Morgan fingerprint density at radius 3 is 2.56 bits per heavy atom. The van der Waals surface area contributed by atoms with Gasteiger partial charge in [-0.1, -0.05) is 24.5 Å². The summed E-state index contributed by atoms with van der Waals surface area (Å²) in [6.45, 7) is 4.18. The molecule has 1 saturated carbocycles. The third-order valence-corrected chi connectivity index (χ3v) is 4.12. The van der Waals surface area contributed by atoms with E-state index in [-0.39, 0.29) is 5.54 Å². The highest BCUT2D eigenvalue weighted by molar-refractivity contribution is 5.84. The van der Waals surface area contributed by atoms with Crippen LogP contribution in [0, 0.1) is 13.8 Å². The number of fused-ring (bicyclic) bond motifs is 1. The maximum Gasteiger partial charge on any atom is 0.0708 e. The lowest BCUT2D eigenvalue weighted by Crippen LogP contribution is -2.33. The molecule has 18 heavy (non-hydrogen) atoms. The number of hydrogen-bond donors (Lipinski definition) is 1. The molecular formula is C16H20N2. The maximum atomic E-state index is 6.64. The Labute approximate surface area is 108 Å². The first-order chi connectivity index (χ1) is 8.58. The molecule has 0 aliphatic heterocycles. The van der Waals surface area contributed by atoms with Crippen molar-refractivity contribution in [3.63, 3.8) is 0 Å². The second-order valence-electron chi connectivity index (χ2n) is 5.70. The zero-order valence-electron chi connectivity index (χ0n) is 11.2. The normalized spacial score (nSPS) is 18.4. The van der Waals surface area contributed by atoms with E-state index >= 15 is 0 Å². The fourth-order valence-electron chi connectivity index (χ4n) is 3.16. The van der Waals surface area contributed by atoms with Crippen molar-refractivity contribution < 1.29 is 0 Å². The summed E-state index contributed by atoms with van der Waals surface area (Å²) in [6, 6.07) is 8.65. The third kappa shape index (κ3) is 1.81. The number of pyridine rings is 1. The van der Waals surface area contributed by atoms with Crippen LogP contribution in [0.1, 0.15) is 42.5 Å². The van der Waals surface area contributed by atoms with Gasteiger partial charge >= 0.3 is 0 Å². The lowest BCUT2D eigenvalue weighted by Gasteiger charge is -2.26. The zero-order chi connectivity index (χ0) is 12.8. The minimum absolute atomic E-state index is 0.139. The summed E-state index contributed by atoms with van der Waals surface area (Å²) in [5.74, 6) is 0. The molecule has 0 atom stereocenters. The number of aromatic nitrogens is 1. The van der Waals surface area contributed by atoms with E-state index in [4.69, 9.17) is 5.73 Å². The molecule has 94 valence electrons. The molecule has 1 fully saturated rings. The summed E-state index contributed by atoms with van der Waals surface area (Å²) in [5, 5.41) is 1.24. The van der Waals surface area contributed by atoms with E-state index in [9.17, 15) is 0 Å². The smallest absolute Gasteiger partial charge is 0.0708 e. The average Bonchev–Trinajstić information content (AvgIpc) is 2.77. The highest BCUT2D eigenvalue weighted by atomic mass is 14.8. The average molecular weight is 240 g/mol. The van der Waals surface area contributed by atoms with E-state index < -0.39 is 0 Å². The highest BCUT2D eigenvalue weighted by Crippen LogP contribution is 2.39. The summed E-state index contributed by atoms with van der Waals surface area (Å²) in [4.78, 5) is 4.62. The van der Waals surface area contributed by atoms with Gasteiger partial charge in [0.05, 0.1) is 5.52 Å². The van der Waals surface area contributed by atoms with Crippen LogP contribution >= 0.6 is 0 Å². The Morgan fingerprint density at radius 1 is 1.11 bits per heavy atom. The van der Waals surface area contributed by atoms with Gasteiger partial charge in [-0.25, -0.2) is 0 Å². The minimum Gasteiger partial charge on any atom is -0.321 e. The molecule has 0 saturated heterocycles.